The number of rotatable bonds is 6. The topological polar surface area (TPSA) is 15.7 Å². The molecule has 1 aliphatic heterocycles. The summed E-state index contributed by atoms with van der Waals surface area (Å²) in [5.41, 5.74) is 4.35. The summed E-state index contributed by atoms with van der Waals surface area (Å²) in [4.78, 5) is 5.09. The van der Waals surface area contributed by atoms with E-state index in [-0.39, 0.29) is 0 Å². The predicted octanol–water partition coefficient (Wildman–Crippen LogP) is 2.46. The van der Waals surface area contributed by atoms with Gasteiger partial charge in [-0.15, -0.1) is 0 Å². The van der Waals surface area contributed by atoms with Gasteiger partial charge in [-0.2, -0.15) is 0 Å². The number of ether oxygens (including phenoxy) is 1. The second-order valence-corrected chi connectivity index (χ2v) is 5.69. The SMILES string of the molecule is CCOCCN1CCN(Cc2c(C)cccc2C)CC1. The van der Waals surface area contributed by atoms with Crippen LogP contribution < -0.4 is 0 Å². The fraction of sp³-hybridized carbons (Fsp3) is 0.647. The molecule has 0 radical (unpaired) electrons. The van der Waals surface area contributed by atoms with Crippen LogP contribution in [0.3, 0.4) is 0 Å². The van der Waals surface area contributed by atoms with Crippen molar-refractivity contribution in [2.45, 2.75) is 27.3 Å². The third kappa shape index (κ3) is 4.30. The molecule has 1 fully saturated rings. The second kappa shape index (κ2) is 7.77. The normalized spacial score (nSPS) is 17.6. The average Bonchev–Trinajstić information content (AvgIpc) is 2.45. The van der Waals surface area contributed by atoms with Crippen LogP contribution >= 0.6 is 0 Å². The summed E-state index contributed by atoms with van der Waals surface area (Å²) in [5, 5.41) is 0. The summed E-state index contributed by atoms with van der Waals surface area (Å²) in [5.74, 6) is 0. The Morgan fingerprint density at radius 3 is 2.20 bits per heavy atom. The minimum Gasteiger partial charge on any atom is -0.380 e. The van der Waals surface area contributed by atoms with E-state index in [2.05, 4.69) is 48.8 Å². The van der Waals surface area contributed by atoms with Gasteiger partial charge in [0.05, 0.1) is 6.61 Å². The number of hydrogen-bond acceptors (Lipinski definition) is 3. The average molecular weight is 276 g/mol. The van der Waals surface area contributed by atoms with E-state index in [0.717, 1.165) is 39.4 Å². The van der Waals surface area contributed by atoms with Crippen LogP contribution in [0.25, 0.3) is 0 Å². The fourth-order valence-corrected chi connectivity index (χ4v) is 2.83. The Bertz CT molecular complexity index is 391. The molecule has 1 heterocycles. The molecule has 0 N–H and O–H groups in total. The highest BCUT2D eigenvalue weighted by atomic mass is 16.5. The van der Waals surface area contributed by atoms with Crippen LogP contribution in [0.1, 0.15) is 23.6 Å². The molecule has 0 atom stereocenters. The zero-order valence-electron chi connectivity index (χ0n) is 13.2. The van der Waals surface area contributed by atoms with Crippen LogP contribution in [-0.4, -0.2) is 55.7 Å². The molecule has 1 saturated heterocycles. The molecule has 0 saturated carbocycles. The van der Waals surface area contributed by atoms with E-state index in [1.807, 2.05) is 0 Å². The van der Waals surface area contributed by atoms with Gasteiger partial charge >= 0.3 is 0 Å². The van der Waals surface area contributed by atoms with E-state index in [1.54, 1.807) is 0 Å². The van der Waals surface area contributed by atoms with E-state index < -0.39 is 0 Å². The highest BCUT2D eigenvalue weighted by molar-refractivity contribution is 5.33. The molecule has 0 unspecified atom stereocenters. The van der Waals surface area contributed by atoms with Crippen molar-refractivity contribution in [2.75, 3.05) is 45.9 Å². The van der Waals surface area contributed by atoms with Crippen LogP contribution in [0.15, 0.2) is 18.2 Å². The first-order chi connectivity index (χ1) is 9.70. The van der Waals surface area contributed by atoms with Gasteiger partial charge < -0.3 is 4.74 Å². The lowest BCUT2D eigenvalue weighted by atomic mass is 10.0. The van der Waals surface area contributed by atoms with Gasteiger partial charge in [-0.3, -0.25) is 9.80 Å². The van der Waals surface area contributed by atoms with E-state index in [9.17, 15) is 0 Å². The smallest absolute Gasteiger partial charge is 0.0593 e. The van der Waals surface area contributed by atoms with E-state index in [1.165, 1.54) is 29.8 Å². The van der Waals surface area contributed by atoms with Crippen LogP contribution in [0.5, 0.6) is 0 Å². The number of nitrogens with zero attached hydrogens (tertiary/aromatic N) is 2. The van der Waals surface area contributed by atoms with E-state index >= 15 is 0 Å². The summed E-state index contributed by atoms with van der Waals surface area (Å²) >= 11 is 0. The van der Waals surface area contributed by atoms with Gasteiger partial charge in [0.25, 0.3) is 0 Å². The van der Waals surface area contributed by atoms with Crippen molar-refractivity contribution in [1.82, 2.24) is 9.80 Å². The second-order valence-electron chi connectivity index (χ2n) is 5.69. The Hall–Kier alpha value is -0.900. The van der Waals surface area contributed by atoms with Gasteiger partial charge in [-0.1, -0.05) is 18.2 Å². The Labute approximate surface area is 123 Å². The van der Waals surface area contributed by atoms with Crippen molar-refractivity contribution >= 4 is 0 Å². The molecule has 1 aromatic rings. The Balaban J connectivity index is 1.80. The fourth-order valence-electron chi connectivity index (χ4n) is 2.83. The first-order valence-electron chi connectivity index (χ1n) is 7.78. The summed E-state index contributed by atoms with van der Waals surface area (Å²) < 4.78 is 5.43. The molecule has 3 nitrogen and oxygen atoms in total. The van der Waals surface area contributed by atoms with Crippen LogP contribution in [0.2, 0.25) is 0 Å². The Kier molecular flexibility index (Phi) is 6.02. The lowest BCUT2D eigenvalue weighted by Gasteiger charge is -2.35. The van der Waals surface area contributed by atoms with Crippen molar-refractivity contribution in [1.29, 1.82) is 0 Å². The molecule has 0 amide bonds. The van der Waals surface area contributed by atoms with Gasteiger partial charge in [0.2, 0.25) is 0 Å². The van der Waals surface area contributed by atoms with Gasteiger partial charge in [0.15, 0.2) is 0 Å². The summed E-state index contributed by atoms with van der Waals surface area (Å²) in [6.45, 7) is 15.0. The lowest BCUT2D eigenvalue weighted by Crippen LogP contribution is -2.46. The van der Waals surface area contributed by atoms with Crippen molar-refractivity contribution in [3.05, 3.63) is 34.9 Å². The third-order valence-electron chi connectivity index (χ3n) is 4.25. The van der Waals surface area contributed by atoms with Crippen LogP contribution in [0, 0.1) is 13.8 Å². The maximum Gasteiger partial charge on any atom is 0.0593 e. The number of benzene rings is 1. The first kappa shape index (κ1) is 15.5. The molecule has 0 aromatic heterocycles. The third-order valence-corrected chi connectivity index (χ3v) is 4.25. The summed E-state index contributed by atoms with van der Waals surface area (Å²) in [7, 11) is 0. The maximum absolute atomic E-state index is 5.43. The number of aryl methyl sites for hydroxylation is 2. The molecular formula is C17H28N2O. The van der Waals surface area contributed by atoms with Crippen molar-refractivity contribution in [3.63, 3.8) is 0 Å². The lowest BCUT2D eigenvalue weighted by molar-refractivity contribution is 0.0785. The van der Waals surface area contributed by atoms with Crippen molar-refractivity contribution < 1.29 is 4.74 Å². The molecule has 20 heavy (non-hydrogen) atoms. The van der Waals surface area contributed by atoms with E-state index in [4.69, 9.17) is 4.74 Å². The maximum atomic E-state index is 5.43. The van der Waals surface area contributed by atoms with Crippen LogP contribution in [0.4, 0.5) is 0 Å². The van der Waals surface area contributed by atoms with Gasteiger partial charge in [-0.25, -0.2) is 0 Å². The highest BCUT2D eigenvalue weighted by Crippen LogP contribution is 2.16. The molecule has 1 aliphatic rings. The number of piperazine rings is 1. The van der Waals surface area contributed by atoms with Crippen molar-refractivity contribution in [2.24, 2.45) is 0 Å². The van der Waals surface area contributed by atoms with Crippen molar-refractivity contribution in [3.8, 4) is 0 Å². The zero-order valence-corrected chi connectivity index (χ0v) is 13.2. The van der Waals surface area contributed by atoms with Gasteiger partial charge in [0, 0.05) is 45.9 Å². The minimum absolute atomic E-state index is 0.826. The Morgan fingerprint density at radius 1 is 1.00 bits per heavy atom. The zero-order chi connectivity index (χ0) is 14.4. The number of hydrogen-bond donors (Lipinski definition) is 0. The van der Waals surface area contributed by atoms with Crippen LogP contribution in [-0.2, 0) is 11.3 Å². The molecule has 3 heteroatoms. The minimum atomic E-state index is 0.826. The van der Waals surface area contributed by atoms with E-state index in [0.29, 0.717) is 0 Å². The molecule has 0 spiro atoms. The molecule has 0 aliphatic carbocycles. The summed E-state index contributed by atoms with van der Waals surface area (Å²) in [6.07, 6.45) is 0. The first-order valence-corrected chi connectivity index (χ1v) is 7.78. The molecule has 112 valence electrons. The Morgan fingerprint density at radius 2 is 1.60 bits per heavy atom. The van der Waals surface area contributed by atoms with Gasteiger partial charge in [0.1, 0.15) is 0 Å². The summed E-state index contributed by atoms with van der Waals surface area (Å²) in [6, 6.07) is 6.60. The molecule has 0 bridgehead atoms. The van der Waals surface area contributed by atoms with Gasteiger partial charge in [-0.05, 0) is 37.5 Å². The quantitative estimate of drug-likeness (QED) is 0.742. The predicted molar refractivity (Wildman–Crippen MR) is 84.1 cm³/mol. The standard InChI is InChI=1S/C17H28N2O/c1-4-20-13-12-18-8-10-19(11-9-18)14-17-15(2)6-5-7-16(17)3/h5-7H,4,8-14H2,1-3H3. The monoisotopic (exact) mass is 276 g/mol. The molecule has 2 rings (SSSR count). The highest BCUT2D eigenvalue weighted by Gasteiger charge is 2.17. The molecule has 1 aromatic carbocycles. The molecular weight excluding hydrogens is 248 g/mol. The largest absolute Gasteiger partial charge is 0.380 e.